The summed E-state index contributed by atoms with van der Waals surface area (Å²) in [5.74, 6) is 0. The van der Waals surface area contributed by atoms with Crippen LogP contribution in [0.5, 0.6) is 0 Å². The van der Waals surface area contributed by atoms with Crippen LogP contribution < -0.4 is 0 Å². The monoisotopic (exact) mass is 139 g/mol. The van der Waals surface area contributed by atoms with Gasteiger partial charge in [0.25, 0.3) is 0 Å². The third-order valence-electron chi connectivity index (χ3n) is 2.74. The molecule has 56 valence electrons. The van der Waals surface area contributed by atoms with E-state index in [-0.39, 0.29) is 0 Å². The lowest BCUT2D eigenvalue weighted by atomic mass is 10.00. The quantitative estimate of drug-likeness (QED) is 0.500. The maximum atomic E-state index is 9.83. The second-order valence-corrected chi connectivity index (χ2v) is 3.31. The van der Waals surface area contributed by atoms with Gasteiger partial charge < -0.3 is 5.11 Å². The van der Waals surface area contributed by atoms with Crippen molar-refractivity contribution in [2.45, 2.75) is 31.0 Å². The van der Waals surface area contributed by atoms with Crippen LogP contribution in [0.1, 0.15) is 19.3 Å². The highest BCUT2D eigenvalue weighted by atomic mass is 16.3. The molecule has 2 rings (SSSR count). The Morgan fingerprint density at radius 1 is 1.70 bits per heavy atom. The van der Waals surface area contributed by atoms with Crippen molar-refractivity contribution < 1.29 is 5.11 Å². The number of rotatable bonds is 0. The van der Waals surface area contributed by atoms with Crippen molar-refractivity contribution in [3.8, 4) is 0 Å². The highest BCUT2D eigenvalue weighted by Crippen LogP contribution is 2.35. The molecule has 2 nitrogen and oxygen atoms in total. The molecule has 10 heavy (non-hydrogen) atoms. The summed E-state index contributed by atoms with van der Waals surface area (Å²) in [6.45, 7) is 0. The fraction of sp³-hybridized carbons (Fsp3) is 0.750. The Kier molecular flexibility index (Phi) is 1.17. The minimum atomic E-state index is -0.594. The van der Waals surface area contributed by atoms with Gasteiger partial charge in [0.1, 0.15) is 5.72 Å². The van der Waals surface area contributed by atoms with Crippen LogP contribution in [0.2, 0.25) is 0 Å². The summed E-state index contributed by atoms with van der Waals surface area (Å²) in [6, 6.07) is 0.499. The second kappa shape index (κ2) is 1.83. The molecule has 0 aromatic heterocycles. The summed E-state index contributed by atoms with van der Waals surface area (Å²) in [5, 5.41) is 9.83. The zero-order valence-corrected chi connectivity index (χ0v) is 6.25. The van der Waals surface area contributed by atoms with E-state index < -0.39 is 5.72 Å². The molecule has 2 heteroatoms. The predicted octanol–water partition coefficient (Wildman–Crippen LogP) is 0.729. The Morgan fingerprint density at radius 2 is 2.50 bits per heavy atom. The molecule has 0 amide bonds. The molecule has 0 spiro atoms. The zero-order valence-electron chi connectivity index (χ0n) is 6.25. The van der Waals surface area contributed by atoms with Gasteiger partial charge in [-0.15, -0.1) is 0 Å². The van der Waals surface area contributed by atoms with E-state index in [2.05, 4.69) is 11.0 Å². The van der Waals surface area contributed by atoms with E-state index in [4.69, 9.17) is 0 Å². The molecule has 0 aromatic rings. The molecule has 2 bridgehead atoms. The van der Waals surface area contributed by atoms with Crippen molar-refractivity contribution in [1.82, 2.24) is 4.90 Å². The molecular weight excluding hydrogens is 126 g/mol. The maximum absolute atomic E-state index is 9.83. The molecule has 0 unspecified atom stereocenters. The fourth-order valence-electron chi connectivity index (χ4n) is 1.92. The molecule has 0 aliphatic carbocycles. The van der Waals surface area contributed by atoms with Crippen LogP contribution >= 0.6 is 0 Å². The molecular formula is C8H13NO. The van der Waals surface area contributed by atoms with E-state index in [0.29, 0.717) is 6.04 Å². The molecule has 0 aromatic carbocycles. The van der Waals surface area contributed by atoms with Crippen LogP contribution in [0.4, 0.5) is 0 Å². The molecule has 0 radical (unpaired) electrons. The van der Waals surface area contributed by atoms with Crippen molar-refractivity contribution in [1.29, 1.82) is 0 Å². The SMILES string of the molecule is CN1[C@@H]2C=C[C@@]1(O)CCC2. The number of aliphatic hydroxyl groups is 1. The fourth-order valence-corrected chi connectivity index (χ4v) is 1.92. The number of hydrogen-bond donors (Lipinski definition) is 1. The van der Waals surface area contributed by atoms with Crippen molar-refractivity contribution in [2.75, 3.05) is 7.05 Å². The summed E-state index contributed by atoms with van der Waals surface area (Å²) in [6.07, 6.45) is 7.31. The van der Waals surface area contributed by atoms with Crippen molar-refractivity contribution >= 4 is 0 Å². The highest BCUT2D eigenvalue weighted by Gasteiger charge is 2.40. The number of nitrogens with zero attached hydrogens (tertiary/aromatic N) is 1. The van der Waals surface area contributed by atoms with Crippen molar-refractivity contribution in [2.24, 2.45) is 0 Å². The second-order valence-electron chi connectivity index (χ2n) is 3.31. The van der Waals surface area contributed by atoms with Gasteiger partial charge in [0.15, 0.2) is 0 Å². The molecule has 1 fully saturated rings. The van der Waals surface area contributed by atoms with Gasteiger partial charge >= 0.3 is 0 Å². The minimum absolute atomic E-state index is 0.499. The van der Waals surface area contributed by atoms with Gasteiger partial charge in [-0.2, -0.15) is 0 Å². The predicted molar refractivity (Wildman–Crippen MR) is 39.5 cm³/mol. The van der Waals surface area contributed by atoms with E-state index in [9.17, 15) is 5.11 Å². The smallest absolute Gasteiger partial charge is 0.137 e. The van der Waals surface area contributed by atoms with Gasteiger partial charge in [-0.25, -0.2) is 0 Å². The molecule has 1 N–H and O–H groups in total. The lowest BCUT2D eigenvalue weighted by Gasteiger charge is -2.38. The average Bonchev–Trinajstić information content (AvgIpc) is 2.18. The summed E-state index contributed by atoms with van der Waals surface area (Å²) < 4.78 is 0. The Bertz CT molecular complexity index is 178. The Morgan fingerprint density at radius 3 is 3.10 bits per heavy atom. The van der Waals surface area contributed by atoms with Crippen LogP contribution in [0, 0.1) is 0 Å². The largest absolute Gasteiger partial charge is 0.372 e. The lowest BCUT2D eigenvalue weighted by molar-refractivity contribution is -0.0802. The molecule has 2 aliphatic heterocycles. The van der Waals surface area contributed by atoms with Gasteiger partial charge in [0.05, 0.1) is 0 Å². The first-order chi connectivity index (χ1) is 4.72. The lowest BCUT2D eigenvalue weighted by Crippen LogP contribution is -2.48. The van der Waals surface area contributed by atoms with Gasteiger partial charge in [0, 0.05) is 6.04 Å². The summed E-state index contributed by atoms with van der Waals surface area (Å²) in [5.41, 5.74) is -0.594. The number of hydrogen-bond acceptors (Lipinski definition) is 2. The highest BCUT2D eigenvalue weighted by molar-refractivity contribution is 5.16. The van der Waals surface area contributed by atoms with E-state index in [1.807, 2.05) is 13.1 Å². The molecule has 2 atom stereocenters. The van der Waals surface area contributed by atoms with Gasteiger partial charge in [-0.1, -0.05) is 6.08 Å². The number of fused-ring (bicyclic) bond motifs is 2. The topological polar surface area (TPSA) is 23.5 Å². The minimum Gasteiger partial charge on any atom is -0.372 e. The summed E-state index contributed by atoms with van der Waals surface area (Å²) >= 11 is 0. The zero-order chi connectivity index (χ0) is 7.19. The van der Waals surface area contributed by atoms with Crippen LogP contribution in [0.3, 0.4) is 0 Å². The van der Waals surface area contributed by atoms with Crippen LogP contribution in [-0.2, 0) is 0 Å². The van der Waals surface area contributed by atoms with Gasteiger partial charge in [0.2, 0.25) is 0 Å². The van der Waals surface area contributed by atoms with Crippen molar-refractivity contribution in [3.63, 3.8) is 0 Å². The molecule has 2 aliphatic rings. The van der Waals surface area contributed by atoms with Gasteiger partial charge in [-0.05, 0) is 32.4 Å². The van der Waals surface area contributed by atoms with E-state index in [1.54, 1.807) is 0 Å². The van der Waals surface area contributed by atoms with E-state index in [0.717, 1.165) is 12.8 Å². The molecule has 0 saturated carbocycles. The Hall–Kier alpha value is -0.340. The van der Waals surface area contributed by atoms with Crippen molar-refractivity contribution in [3.05, 3.63) is 12.2 Å². The normalized spacial score (nSPS) is 46.4. The number of likely N-dealkylation sites (N-methyl/N-ethyl adjacent to an activating group) is 1. The summed E-state index contributed by atoms with van der Waals surface area (Å²) in [7, 11) is 1.99. The third kappa shape index (κ3) is 0.662. The van der Waals surface area contributed by atoms with Gasteiger partial charge in [-0.3, -0.25) is 4.90 Å². The molecule has 2 heterocycles. The first-order valence-electron chi connectivity index (χ1n) is 3.87. The van der Waals surface area contributed by atoms with Crippen LogP contribution in [0.15, 0.2) is 12.2 Å². The molecule has 1 saturated heterocycles. The van der Waals surface area contributed by atoms with E-state index >= 15 is 0 Å². The third-order valence-corrected chi connectivity index (χ3v) is 2.74. The Balaban J connectivity index is 2.28. The van der Waals surface area contributed by atoms with Crippen LogP contribution in [-0.4, -0.2) is 28.8 Å². The standard InChI is InChI=1S/C8H13NO/c1-9-7-3-2-5-8(9,10)6-4-7/h4,6-7,10H,2-3,5H2,1H3/t7-,8-/m0/s1. The first-order valence-corrected chi connectivity index (χ1v) is 3.87. The Labute approximate surface area is 61.1 Å². The van der Waals surface area contributed by atoms with Crippen LogP contribution in [0.25, 0.3) is 0 Å². The maximum Gasteiger partial charge on any atom is 0.137 e. The van der Waals surface area contributed by atoms with E-state index in [1.165, 1.54) is 6.42 Å². The average molecular weight is 139 g/mol. The number of piperidine rings is 1. The first kappa shape index (κ1) is 6.38. The summed E-state index contributed by atoms with van der Waals surface area (Å²) in [4.78, 5) is 2.05.